The number of halogens is 1. The number of rotatable bonds is 7. The molecule has 2 fully saturated rings. The van der Waals surface area contributed by atoms with Crippen LogP contribution in [0.25, 0.3) is 10.4 Å². The fourth-order valence-electron chi connectivity index (χ4n) is 4.42. The molecule has 8 nitrogen and oxygen atoms in total. The molecule has 11 heteroatoms. The molecular formula is C25H23ClN2O6S2. The lowest BCUT2D eigenvalue weighted by Gasteiger charge is -2.27. The van der Waals surface area contributed by atoms with Crippen LogP contribution in [0.4, 0.5) is 0 Å². The number of benzene rings is 2. The highest BCUT2D eigenvalue weighted by molar-refractivity contribution is 7.91. The molecule has 0 bridgehead atoms. The number of carbonyl (C=O) groups excluding carboxylic acids is 1. The fourth-order valence-corrected chi connectivity index (χ4v) is 7.26. The van der Waals surface area contributed by atoms with E-state index in [4.69, 9.17) is 16.3 Å². The Hall–Kier alpha value is -2.76. The number of carboxylic acid groups (broad SMARTS) is 1. The smallest absolute Gasteiger partial charge is 0.325 e. The Morgan fingerprint density at radius 3 is 2.50 bits per heavy atom. The number of carboxylic acids is 1. The van der Waals surface area contributed by atoms with Crippen molar-refractivity contribution in [1.29, 1.82) is 0 Å². The van der Waals surface area contributed by atoms with E-state index in [9.17, 15) is 23.1 Å². The SMILES string of the molecule is O=C(c1cccc([C@@H]2C[C@]2(NS(=O)(=O)c2ccc(-c3ccc(Cl)cc3)s2)C(=O)O)c1)N1CCOCC1. The van der Waals surface area contributed by atoms with E-state index in [1.165, 1.54) is 6.07 Å². The van der Waals surface area contributed by atoms with Crippen molar-refractivity contribution in [2.75, 3.05) is 26.3 Å². The highest BCUT2D eigenvalue weighted by atomic mass is 35.5. The summed E-state index contributed by atoms with van der Waals surface area (Å²) in [6.07, 6.45) is 0.0895. The molecule has 2 atom stereocenters. The molecule has 1 saturated heterocycles. The predicted octanol–water partition coefficient (Wildman–Crippen LogP) is 3.83. The molecule has 5 rings (SSSR count). The molecule has 0 unspecified atom stereocenters. The number of ether oxygens (including phenoxy) is 1. The van der Waals surface area contributed by atoms with Gasteiger partial charge in [0, 0.05) is 34.5 Å². The second-order valence-electron chi connectivity index (χ2n) is 8.79. The zero-order chi connectivity index (χ0) is 25.5. The molecule has 1 aliphatic carbocycles. The van der Waals surface area contributed by atoms with Crippen molar-refractivity contribution < 1.29 is 27.9 Å². The van der Waals surface area contributed by atoms with E-state index in [0.29, 0.717) is 42.5 Å². The van der Waals surface area contributed by atoms with Crippen LogP contribution >= 0.6 is 22.9 Å². The minimum Gasteiger partial charge on any atom is -0.480 e. The van der Waals surface area contributed by atoms with Gasteiger partial charge in [-0.25, -0.2) is 8.42 Å². The van der Waals surface area contributed by atoms with Gasteiger partial charge in [-0.3, -0.25) is 9.59 Å². The van der Waals surface area contributed by atoms with Gasteiger partial charge in [-0.2, -0.15) is 4.72 Å². The van der Waals surface area contributed by atoms with Crippen molar-refractivity contribution in [3.8, 4) is 10.4 Å². The standard InChI is InChI=1S/C25H23ClN2O6S2/c26-19-6-4-16(5-7-19)21-8-9-22(35-21)36(32,33)27-25(24(30)31)15-20(25)17-2-1-3-18(14-17)23(29)28-10-12-34-13-11-28/h1-9,14,20,27H,10-13,15H2,(H,30,31)/t20-,25+/m0/s1. The van der Waals surface area contributed by atoms with Crippen LogP contribution in [0.3, 0.4) is 0 Å². The fraction of sp³-hybridized carbons (Fsp3) is 0.280. The lowest BCUT2D eigenvalue weighted by Crippen LogP contribution is -2.44. The molecule has 36 heavy (non-hydrogen) atoms. The predicted molar refractivity (Wildman–Crippen MR) is 136 cm³/mol. The number of carbonyl (C=O) groups is 2. The van der Waals surface area contributed by atoms with Crippen molar-refractivity contribution in [1.82, 2.24) is 9.62 Å². The average molecular weight is 547 g/mol. The number of amides is 1. The maximum Gasteiger partial charge on any atom is 0.325 e. The van der Waals surface area contributed by atoms with Gasteiger partial charge < -0.3 is 14.7 Å². The summed E-state index contributed by atoms with van der Waals surface area (Å²) in [5.41, 5.74) is 0.176. The first-order valence-electron chi connectivity index (χ1n) is 11.3. The molecule has 3 aromatic rings. The zero-order valence-corrected chi connectivity index (χ0v) is 21.4. The van der Waals surface area contributed by atoms with Gasteiger partial charge in [0.1, 0.15) is 9.75 Å². The normalized spacial score (nSPS) is 21.8. The first-order chi connectivity index (χ1) is 17.2. The van der Waals surface area contributed by atoms with Gasteiger partial charge in [0.05, 0.1) is 13.2 Å². The quantitative estimate of drug-likeness (QED) is 0.466. The Bertz CT molecular complexity index is 1420. The summed E-state index contributed by atoms with van der Waals surface area (Å²) >= 11 is 6.98. The maximum atomic E-state index is 13.2. The van der Waals surface area contributed by atoms with Crippen molar-refractivity contribution in [2.45, 2.75) is 22.1 Å². The van der Waals surface area contributed by atoms with Gasteiger partial charge in [0.2, 0.25) is 0 Å². The molecule has 2 aliphatic rings. The Kier molecular flexibility index (Phi) is 6.65. The van der Waals surface area contributed by atoms with E-state index in [1.807, 2.05) is 0 Å². The summed E-state index contributed by atoms with van der Waals surface area (Å²) < 4.78 is 34.1. The van der Waals surface area contributed by atoms with E-state index in [-0.39, 0.29) is 16.5 Å². The number of morpholine rings is 1. The summed E-state index contributed by atoms with van der Waals surface area (Å²) in [6, 6.07) is 16.9. The number of hydrogen-bond donors (Lipinski definition) is 2. The van der Waals surface area contributed by atoms with Crippen molar-refractivity contribution in [3.05, 3.63) is 76.8 Å². The second-order valence-corrected chi connectivity index (χ2v) is 12.2. The molecular weight excluding hydrogens is 524 g/mol. The van der Waals surface area contributed by atoms with E-state index in [0.717, 1.165) is 21.8 Å². The number of hydrogen-bond acceptors (Lipinski definition) is 6. The molecule has 1 aromatic heterocycles. The Labute approximate surface area is 217 Å². The van der Waals surface area contributed by atoms with Gasteiger partial charge in [0.15, 0.2) is 0 Å². The summed E-state index contributed by atoms with van der Waals surface area (Å²) in [6.45, 7) is 1.93. The van der Waals surface area contributed by atoms with Crippen LogP contribution in [0.5, 0.6) is 0 Å². The van der Waals surface area contributed by atoms with Gasteiger partial charge in [-0.15, -0.1) is 11.3 Å². The zero-order valence-electron chi connectivity index (χ0n) is 19.0. The minimum atomic E-state index is -4.11. The van der Waals surface area contributed by atoms with Crippen LogP contribution in [0.2, 0.25) is 5.02 Å². The maximum absolute atomic E-state index is 13.2. The summed E-state index contributed by atoms with van der Waals surface area (Å²) in [5, 5.41) is 10.6. The molecule has 1 amide bonds. The third-order valence-corrected chi connectivity index (χ3v) is 9.86. The first-order valence-corrected chi connectivity index (χ1v) is 14.0. The molecule has 1 aliphatic heterocycles. The number of nitrogens with one attached hydrogen (secondary N) is 1. The highest BCUT2D eigenvalue weighted by Gasteiger charge is 2.63. The molecule has 2 N–H and O–H groups in total. The molecule has 2 heterocycles. The Balaban J connectivity index is 1.36. The van der Waals surface area contributed by atoms with Crippen LogP contribution in [0, 0.1) is 0 Å². The summed E-state index contributed by atoms with van der Waals surface area (Å²) in [7, 11) is -4.11. The van der Waals surface area contributed by atoms with Crippen LogP contribution in [-0.2, 0) is 19.6 Å². The number of thiophene rings is 1. The monoisotopic (exact) mass is 546 g/mol. The van der Waals surface area contributed by atoms with Crippen LogP contribution < -0.4 is 4.72 Å². The summed E-state index contributed by atoms with van der Waals surface area (Å²) in [4.78, 5) is 27.6. The highest BCUT2D eigenvalue weighted by Crippen LogP contribution is 2.53. The topological polar surface area (TPSA) is 113 Å². The summed E-state index contributed by atoms with van der Waals surface area (Å²) in [5.74, 6) is -2.01. The van der Waals surface area contributed by atoms with Gasteiger partial charge in [-0.1, -0.05) is 35.9 Å². The number of sulfonamides is 1. The molecule has 1 saturated carbocycles. The molecule has 0 spiro atoms. The van der Waals surface area contributed by atoms with Crippen LogP contribution in [0.15, 0.2) is 64.9 Å². The Morgan fingerprint density at radius 1 is 1.08 bits per heavy atom. The second kappa shape index (κ2) is 9.60. The van der Waals surface area contributed by atoms with Crippen molar-refractivity contribution in [2.24, 2.45) is 0 Å². The van der Waals surface area contributed by atoms with E-state index in [2.05, 4.69) is 4.72 Å². The lowest BCUT2D eigenvalue weighted by atomic mass is 10.0. The van der Waals surface area contributed by atoms with Crippen LogP contribution in [0.1, 0.15) is 28.3 Å². The van der Waals surface area contributed by atoms with E-state index in [1.54, 1.807) is 59.5 Å². The van der Waals surface area contributed by atoms with E-state index < -0.39 is 27.4 Å². The number of nitrogens with zero attached hydrogens (tertiary/aromatic N) is 1. The van der Waals surface area contributed by atoms with Gasteiger partial charge in [-0.05, 0) is 53.9 Å². The molecule has 0 radical (unpaired) electrons. The van der Waals surface area contributed by atoms with Crippen molar-refractivity contribution in [3.63, 3.8) is 0 Å². The Morgan fingerprint density at radius 2 is 1.81 bits per heavy atom. The first kappa shape index (κ1) is 24.9. The minimum absolute atomic E-state index is 0.0231. The molecule has 2 aromatic carbocycles. The van der Waals surface area contributed by atoms with Crippen molar-refractivity contribution >= 4 is 44.8 Å². The van der Waals surface area contributed by atoms with Gasteiger partial charge in [0.25, 0.3) is 15.9 Å². The lowest BCUT2D eigenvalue weighted by molar-refractivity contribution is -0.140. The van der Waals surface area contributed by atoms with E-state index >= 15 is 0 Å². The third kappa shape index (κ3) is 4.79. The average Bonchev–Trinajstić information content (AvgIpc) is 3.37. The molecule has 188 valence electrons. The third-order valence-electron chi connectivity index (χ3n) is 6.47. The number of aliphatic carboxylic acids is 1. The van der Waals surface area contributed by atoms with Crippen LogP contribution in [-0.4, -0.2) is 62.1 Å². The van der Waals surface area contributed by atoms with Gasteiger partial charge >= 0.3 is 5.97 Å². The largest absolute Gasteiger partial charge is 0.480 e.